The standard InChI is InChI=1S/C19H13ClN2O6/c1-28-18(26)11-3-5-12(6-4-11)22-17(25)13(16(24)21-19(22)27)8-10-2-7-15(23)14(20)9-10/h2-9,23H,1H3,(H,21,24,27). The number of halogens is 1. The predicted octanol–water partition coefficient (Wildman–Crippen LogP) is 2.50. The molecule has 1 aliphatic rings. The number of hydrogen-bond acceptors (Lipinski definition) is 6. The zero-order valence-corrected chi connectivity index (χ0v) is 15.2. The molecule has 0 bridgehead atoms. The number of carbonyl (C=O) groups is 4. The molecule has 2 aromatic carbocycles. The van der Waals surface area contributed by atoms with E-state index in [1.54, 1.807) is 0 Å². The zero-order chi connectivity index (χ0) is 20.4. The molecule has 0 radical (unpaired) electrons. The summed E-state index contributed by atoms with van der Waals surface area (Å²) in [5, 5.41) is 11.6. The fourth-order valence-electron chi connectivity index (χ4n) is 2.54. The van der Waals surface area contributed by atoms with Gasteiger partial charge in [-0.05, 0) is 48.0 Å². The third-order valence-corrected chi connectivity index (χ3v) is 4.23. The molecule has 4 amide bonds. The van der Waals surface area contributed by atoms with Gasteiger partial charge < -0.3 is 9.84 Å². The smallest absolute Gasteiger partial charge is 0.337 e. The molecule has 1 saturated heterocycles. The van der Waals surface area contributed by atoms with Gasteiger partial charge in [-0.2, -0.15) is 0 Å². The molecule has 0 unspecified atom stereocenters. The van der Waals surface area contributed by atoms with Gasteiger partial charge in [0.1, 0.15) is 11.3 Å². The van der Waals surface area contributed by atoms with Crippen LogP contribution >= 0.6 is 11.6 Å². The Balaban J connectivity index is 1.97. The van der Waals surface area contributed by atoms with Crippen LogP contribution in [0.1, 0.15) is 15.9 Å². The van der Waals surface area contributed by atoms with Crippen LogP contribution in [0.4, 0.5) is 10.5 Å². The van der Waals surface area contributed by atoms with Gasteiger partial charge in [-0.15, -0.1) is 0 Å². The molecule has 3 rings (SSSR count). The molecule has 1 heterocycles. The van der Waals surface area contributed by atoms with Gasteiger partial charge in [-0.25, -0.2) is 14.5 Å². The Kier molecular flexibility index (Phi) is 5.14. The van der Waals surface area contributed by atoms with Gasteiger partial charge in [0.05, 0.1) is 23.4 Å². The second-order valence-electron chi connectivity index (χ2n) is 5.71. The van der Waals surface area contributed by atoms with Crippen LogP contribution in [0.15, 0.2) is 48.0 Å². The summed E-state index contributed by atoms with van der Waals surface area (Å²) in [7, 11) is 1.23. The monoisotopic (exact) mass is 400 g/mol. The van der Waals surface area contributed by atoms with Crippen LogP contribution in [-0.4, -0.2) is 36.0 Å². The number of methoxy groups -OCH3 is 1. The van der Waals surface area contributed by atoms with Crippen LogP contribution in [0, 0.1) is 0 Å². The van der Waals surface area contributed by atoms with E-state index in [9.17, 15) is 24.3 Å². The lowest BCUT2D eigenvalue weighted by atomic mass is 10.1. The Morgan fingerprint density at radius 2 is 1.82 bits per heavy atom. The number of esters is 1. The number of imide groups is 2. The zero-order valence-electron chi connectivity index (χ0n) is 14.4. The van der Waals surface area contributed by atoms with Crippen LogP contribution in [0.5, 0.6) is 5.75 Å². The first-order valence-electron chi connectivity index (χ1n) is 7.90. The molecular formula is C19H13ClN2O6. The highest BCUT2D eigenvalue weighted by molar-refractivity contribution is 6.39. The highest BCUT2D eigenvalue weighted by Gasteiger charge is 2.36. The van der Waals surface area contributed by atoms with E-state index >= 15 is 0 Å². The fourth-order valence-corrected chi connectivity index (χ4v) is 2.72. The quantitative estimate of drug-likeness (QED) is 0.465. The summed E-state index contributed by atoms with van der Waals surface area (Å²) in [6.45, 7) is 0. The summed E-state index contributed by atoms with van der Waals surface area (Å²) in [6.07, 6.45) is 1.26. The number of nitrogens with zero attached hydrogens (tertiary/aromatic N) is 1. The molecule has 1 aliphatic heterocycles. The minimum absolute atomic E-state index is 0.0457. The van der Waals surface area contributed by atoms with Crippen molar-refractivity contribution in [2.75, 3.05) is 12.0 Å². The molecule has 0 saturated carbocycles. The average Bonchev–Trinajstić information content (AvgIpc) is 2.67. The fraction of sp³-hybridized carbons (Fsp3) is 0.0526. The number of barbiturate groups is 1. The van der Waals surface area contributed by atoms with Gasteiger partial charge >= 0.3 is 12.0 Å². The first kappa shape index (κ1) is 19.1. The van der Waals surface area contributed by atoms with E-state index in [2.05, 4.69) is 10.1 Å². The largest absolute Gasteiger partial charge is 0.506 e. The molecule has 0 spiro atoms. The van der Waals surface area contributed by atoms with E-state index in [4.69, 9.17) is 11.6 Å². The first-order chi connectivity index (χ1) is 13.3. The lowest BCUT2D eigenvalue weighted by Crippen LogP contribution is -2.54. The number of phenolic OH excluding ortho intramolecular Hbond substituents is 1. The Hall–Kier alpha value is -3.65. The number of anilines is 1. The van der Waals surface area contributed by atoms with Crippen molar-refractivity contribution in [1.29, 1.82) is 0 Å². The molecule has 1 fully saturated rings. The summed E-state index contributed by atoms with van der Waals surface area (Å²) >= 11 is 5.84. The molecule has 0 aromatic heterocycles. The molecule has 2 aromatic rings. The van der Waals surface area contributed by atoms with Crippen molar-refractivity contribution in [3.8, 4) is 5.75 Å². The van der Waals surface area contributed by atoms with Crippen molar-refractivity contribution in [3.63, 3.8) is 0 Å². The maximum atomic E-state index is 12.8. The lowest BCUT2D eigenvalue weighted by molar-refractivity contribution is -0.122. The number of carbonyl (C=O) groups excluding carboxylic acids is 4. The van der Waals surface area contributed by atoms with Crippen molar-refractivity contribution in [2.24, 2.45) is 0 Å². The first-order valence-corrected chi connectivity index (χ1v) is 8.28. The number of phenols is 1. The molecule has 0 aliphatic carbocycles. The minimum atomic E-state index is -0.915. The number of hydrogen-bond donors (Lipinski definition) is 2. The summed E-state index contributed by atoms with van der Waals surface area (Å²) < 4.78 is 4.60. The molecule has 28 heavy (non-hydrogen) atoms. The highest BCUT2D eigenvalue weighted by Crippen LogP contribution is 2.26. The van der Waals surface area contributed by atoms with Gasteiger partial charge in [0, 0.05) is 0 Å². The Labute approximate surface area is 164 Å². The normalized spacial score (nSPS) is 15.6. The summed E-state index contributed by atoms with van der Waals surface area (Å²) in [6, 6.07) is 8.78. The number of ether oxygens (including phenoxy) is 1. The van der Waals surface area contributed by atoms with Gasteiger partial charge in [0.2, 0.25) is 0 Å². The molecule has 2 N–H and O–H groups in total. The highest BCUT2D eigenvalue weighted by atomic mass is 35.5. The Morgan fingerprint density at radius 1 is 1.14 bits per heavy atom. The molecule has 0 atom stereocenters. The third kappa shape index (κ3) is 3.58. The van der Waals surface area contributed by atoms with Crippen molar-refractivity contribution in [3.05, 3.63) is 64.2 Å². The van der Waals surface area contributed by atoms with Crippen LogP contribution in [0.3, 0.4) is 0 Å². The summed E-state index contributed by atoms with van der Waals surface area (Å²) in [5.74, 6) is -2.42. The van der Waals surface area contributed by atoms with E-state index in [0.717, 1.165) is 4.90 Å². The predicted molar refractivity (Wildman–Crippen MR) is 99.9 cm³/mol. The summed E-state index contributed by atoms with van der Waals surface area (Å²) in [5.41, 5.74) is 0.494. The number of rotatable bonds is 3. The van der Waals surface area contributed by atoms with E-state index in [1.807, 2.05) is 0 Å². The van der Waals surface area contributed by atoms with Crippen LogP contribution < -0.4 is 10.2 Å². The second kappa shape index (κ2) is 7.53. The number of nitrogens with one attached hydrogen (secondary N) is 1. The van der Waals surface area contributed by atoms with E-state index in [0.29, 0.717) is 5.56 Å². The average molecular weight is 401 g/mol. The van der Waals surface area contributed by atoms with Gasteiger partial charge in [0.15, 0.2) is 0 Å². The maximum absolute atomic E-state index is 12.8. The van der Waals surface area contributed by atoms with Crippen LogP contribution in [0.25, 0.3) is 6.08 Å². The second-order valence-corrected chi connectivity index (χ2v) is 6.11. The minimum Gasteiger partial charge on any atom is -0.506 e. The topological polar surface area (TPSA) is 113 Å². The number of aromatic hydroxyl groups is 1. The van der Waals surface area contributed by atoms with Gasteiger partial charge in [0.25, 0.3) is 11.8 Å². The number of benzene rings is 2. The van der Waals surface area contributed by atoms with Gasteiger partial charge in [-0.3, -0.25) is 14.9 Å². The van der Waals surface area contributed by atoms with Crippen molar-refractivity contribution >= 4 is 47.2 Å². The third-order valence-electron chi connectivity index (χ3n) is 3.93. The molecule has 142 valence electrons. The Morgan fingerprint density at radius 3 is 2.43 bits per heavy atom. The number of amides is 4. The van der Waals surface area contributed by atoms with Crippen molar-refractivity contribution < 1.29 is 29.0 Å². The number of urea groups is 1. The molecule has 8 nitrogen and oxygen atoms in total. The molecule has 9 heteroatoms. The maximum Gasteiger partial charge on any atom is 0.337 e. The van der Waals surface area contributed by atoms with E-state index in [-0.39, 0.29) is 27.6 Å². The Bertz CT molecular complexity index is 1030. The van der Waals surface area contributed by atoms with Crippen LogP contribution in [-0.2, 0) is 14.3 Å². The lowest BCUT2D eigenvalue weighted by Gasteiger charge is -2.26. The van der Waals surface area contributed by atoms with Gasteiger partial charge in [-0.1, -0.05) is 17.7 Å². The van der Waals surface area contributed by atoms with Crippen LogP contribution in [0.2, 0.25) is 5.02 Å². The van der Waals surface area contributed by atoms with E-state index < -0.39 is 23.8 Å². The molecular weight excluding hydrogens is 388 g/mol. The van der Waals surface area contributed by atoms with Crippen molar-refractivity contribution in [2.45, 2.75) is 0 Å². The SMILES string of the molecule is COC(=O)c1ccc(N2C(=O)NC(=O)C(=Cc3ccc(O)c(Cl)c3)C2=O)cc1. The summed E-state index contributed by atoms with van der Waals surface area (Å²) in [4.78, 5) is 49.4. The van der Waals surface area contributed by atoms with E-state index in [1.165, 1.54) is 55.7 Å². The van der Waals surface area contributed by atoms with Crippen molar-refractivity contribution in [1.82, 2.24) is 5.32 Å².